The molecule has 0 atom stereocenters. The van der Waals surface area contributed by atoms with Crippen molar-refractivity contribution in [3.8, 4) is 0 Å². The van der Waals surface area contributed by atoms with Crippen molar-refractivity contribution in [1.82, 2.24) is 0 Å². The third-order valence-corrected chi connectivity index (χ3v) is 4.83. The molecule has 4 heteroatoms. The van der Waals surface area contributed by atoms with E-state index in [9.17, 15) is 8.78 Å². The van der Waals surface area contributed by atoms with E-state index in [0.29, 0.717) is 18.6 Å². The fraction of sp³-hybridized carbons (Fsp3) is 0.500. The molecule has 1 spiro atoms. The minimum atomic E-state index is -2.53. The van der Waals surface area contributed by atoms with Gasteiger partial charge in [-0.1, -0.05) is 22.0 Å². The predicted octanol–water partition coefficient (Wildman–Crippen LogP) is 4.57. The number of fused-ring (bicyclic) bond motifs is 1. The van der Waals surface area contributed by atoms with Gasteiger partial charge in [0.2, 0.25) is 5.92 Å². The van der Waals surface area contributed by atoms with Crippen molar-refractivity contribution in [1.29, 1.82) is 5.41 Å². The van der Waals surface area contributed by atoms with Crippen LogP contribution in [-0.4, -0.2) is 11.6 Å². The van der Waals surface area contributed by atoms with Gasteiger partial charge in [-0.3, -0.25) is 0 Å². The van der Waals surface area contributed by atoms with Crippen molar-refractivity contribution < 1.29 is 8.78 Å². The van der Waals surface area contributed by atoms with E-state index in [0.717, 1.165) is 22.0 Å². The fourth-order valence-corrected chi connectivity index (χ4v) is 3.56. The maximum atomic E-state index is 13.3. The Kier molecular flexibility index (Phi) is 2.63. The van der Waals surface area contributed by atoms with Crippen LogP contribution in [0.5, 0.6) is 0 Å². The van der Waals surface area contributed by atoms with Crippen molar-refractivity contribution in [3.05, 3.63) is 33.8 Å². The highest BCUT2D eigenvalue weighted by molar-refractivity contribution is 9.10. The van der Waals surface area contributed by atoms with Crippen molar-refractivity contribution in [2.24, 2.45) is 5.41 Å². The molecular weight excluding hydrogens is 300 g/mol. The van der Waals surface area contributed by atoms with Gasteiger partial charge in [0.25, 0.3) is 0 Å². The molecule has 2 aliphatic carbocycles. The molecule has 18 heavy (non-hydrogen) atoms. The Morgan fingerprint density at radius 1 is 1.11 bits per heavy atom. The van der Waals surface area contributed by atoms with Crippen LogP contribution in [0.1, 0.15) is 36.8 Å². The first-order chi connectivity index (χ1) is 8.42. The smallest absolute Gasteiger partial charge is 0.248 e. The molecule has 0 aromatic heterocycles. The summed E-state index contributed by atoms with van der Waals surface area (Å²) >= 11 is 3.41. The lowest BCUT2D eigenvalue weighted by Gasteiger charge is -2.37. The lowest BCUT2D eigenvalue weighted by molar-refractivity contribution is -0.0535. The number of nitrogens with one attached hydrogen (secondary N) is 1. The molecule has 1 saturated carbocycles. The van der Waals surface area contributed by atoms with Crippen molar-refractivity contribution in [2.75, 3.05) is 0 Å². The summed E-state index contributed by atoms with van der Waals surface area (Å²) in [5, 5.41) is 8.33. The van der Waals surface area contributed by atoms with Gasteiger partial charge in [0.05, 0.1) is 0 Å². The number of hydrogen-bond acceptors (Lipinski definition) is 1. The van der Waals surface area contributed by atoms with Gasteiger partial charge >= 0.3 is 0 Å². The van der Waals surface area contributed by atoms with Crippen LogP contribution in [0.4, 0.5) is 8.78 Å². The molecular formula is C14H14BrF2N. The van der Waals surface area contributed by atoms with E-state index in [1.165, 1.54) is 0 Å². The highest BCUT2D eigenvalue weighted by atomic mass is 79.9. The molecule has 0 heterocycles. The molecule has 2 aliphatic rings. The maximum Gasteiger partial charge on any atom is 0.248 e. The quantitative estimate of drug-likeness (QED) is 0.725. The zero-order valence-electron chi connectivity index (χ0n) is 9.90. The number of benzene rings is 1. The molecule has 3 rings (SSSR count). The van der Waals surface area contributed by atoms with Gasteiger partial charge in [-0.25, -0.2) is 8.78 Å². The van der Waals surface area contributed by atoms with E-state index < -0.39 is 5.92 Å². The Bertz CT molecular complexity index is 515. The van der Waals surface area contributed by atoms with E-state index in [2.05, 4.69) is 15.9 Å². The first-order valence-electron chi connectivity index (χ1n) is 6.18. The SMILES string of the molecule is N=C1c2cc(Br)ccc2CC12CCC(F)(F)CC2. The Morgan fingerprint density at radius 3 is 2.44 bits per heavy atom. The van der Waals surface area contributed by atoms with E-state index in [1.54, 1.807) is 0 Å². The van der Waals surface area contributed by atoms with Crippen LogP contribution in [0.25, 0.3) is 0 Å². The zero-order chi connectivity index (χ0) is 13.0. The average Bonchev–Trinajstić information content (AvgIpc) is 2.58. The minimum absolute atomic E-state index is 0.0788. The first-order valence-corrected chi connectivity index (χ1v) is 6.97. The minimum Gasteiger partial charge on any atom is -0.304 e. The van der Waals surface area contributed by atoms with Crippen LogP contribution < -0.4 is 0 Å². The van der Waals surface area contributed by atoms with Crippen LogP contribution in [0.3, 0.4) is 0 Å². The van der Waals surface area contributed by atoms with Crippen LogP contribution in [-0.2, 0) is 6.42 Å². The van der Waals surface area contributed by atoms with Crippen molar-refractivity contribution in [3.63, 3.8) is 0 Å². The number of rotatable bonds is 0. The zero-order valence-corrected chi connectivity index (χ0v) is 11.5. The Labute approximate surface area is 113 Å². The summed E-state index contributed by atoms with van der Waals surface area (Å²) in [5.41, 5.74) is 2.31. The molecule has 0 saturated heterocycles. The summed E-state index contributed by atoms with van der Waals surface area (Å²) in [5.74, 6) is -2.53. The summed E-state index contributed by atoms with van der Waals surface area (Å²) < 4.78 is 27.5. The average molecular weight is 314 g/mol. The molecule has 96 valence electrons. The summed E-state index contributed by atoms with van der Waals surface area (Å²) in [6.45, 7) is 0. The highest BCUT2D eigenvalue weighted by Crippen LogP contribution is 2.51. The molecule has 0 unspecified atom stereocenters. The Hall–Kier alpha value is -0.770. The molecule has 0 aliphatic heterocycles. The Morgan fingerprint density at radius 2 is 1.78 bits per heavy atom. The standard InChI is InChI=1S/C14H14BrF2N/c15-10-2-1-9-8-13(12(18)11(9)7-10)3-5-14(16,17)6-4-13/h1-2,7,18H,3-6,8H2. The number of alkyl halides is 2. The molecule has 1 aromatic rings. The fourth-order valence-electron chi connectivity index (χ4n) is 3.20. The van der Waals surface area contributed by atoms with Crippen LogP contribution in [0.2, 0.25) is 0 Å². The monoisotopic (exact) mass is 313 g/mol. The van der Waals surface area contributed by atoms with Crippen molar-refractivity contribution >= 4 is 21.6 Å². The predicted molar refractivity (Wildman–Crippen MR) is 70.5 cm³/mol. The summed E-state index contributed by atoms with van der Waals surface area (Å²) in [6, 6.07) is 5.91. The normalized spacial score (nSPS) is 24.3. The van der Waals surface area contributed by atoms with Crippen LogP contribution in [0.15, 0.2) is 22.7 Å². The van der Waals surface area contributed by atoms with E-state index >= 15 is 0 Å². The largest absolute Gasteiger partial charge is 0.304 e. The highest BCUT2D eigenvalue weighted by Gasteiger charge is 2.49. The summed E-state index contributed by atoms with van der Waals surface area (Å²) in [6.07, 6.45) is 1.47. The van der Waals surface area contributed by atoms with Gasteiger partial charge in [-0.05, 0) is 37.0 Å². The molecule has 1 aromatic carbocycles. The van der Waals surface area contributed by atoms with E-state index in [4.69, 9.17) is 5.41 Å². The third-order valence-electron chi connectivity index (χ3n) is 4.34. The van der Waals surface area contributed by atoms with Gasteiger partial charge in [0.1, 0.15) is 0 Å². The van der Waals surface area contributed by atoms with Gasteiger partial charge in [-0.2, -0.15) is 0 Å². The second kappa shape index (κ2) is 3.86. The van der Waals surface area contributed by atoms with E-state index in [1.807, 2.05) is 18.2 Å². The van der Waals surface area contributed by atoms with Crippen molar-refractivity contribution in [2.45, 2.75) is 38.0 Å². The Balaban J connectivity index is 1.93. The van der Waals surface area contributed by atoms with Gasteiger partial charge < -0.3 is 5.41 Å². The molecule has 1 nitrogen and oxygen atoms in total. The lowest BCUT2D eigenvalue weighted by Crippen LogP contribution is -2.37. The third kappa shape index (κ3) is 1.81. The molecule has 1 N–H and O–H groups in total. The maximum absolute atomic E-state index is 13.3. The molecule has 0 radical (unpaired) electrons. The molecule has 0 bridgehead atoms. The second-order valence-corrected chi connectivity index (χ2v) is 6.41. The van der Waals surface area contributed by atoms with Gasteiger partial charge in [0.15, 0.2) is 0 Å². The van der Waals surface area contributed by atoms with Gasteiger partial charge in [-0.15, -0.1) is 0 Å². The lowest BCUT2D eigenvalue weighted by atomic mass is 9.70. The first kappa shape index (κ1) is 12.3. The molecule has 1 fully saturated rings. The van der Waals surface area contributed by atoms with Crippen LogP contribution >= 0.6 is 15.9 Å². The number of hydrogen-bond donors (Lipinski definition) is 1. The topological polar surface area (TPSA) is 23.9 Å². The second-order valence-electron chi connectivity index (χ2n) is 5.49. The molecule has 0 amide bonds. The number of halogens is 3. The van der Waals surface area contributed by atoms with E-state index in [-0.39, 0.29) is 18.3 Å². The van der Waals surface area contributed by atoms with Gasteiger partial charge in [0, 0.05) is 34.0 Å². The summed E-state index contributed by atoms with van der Waals surface area (Å²) in [4.78, 5) is 0. The summed E-state index contributed by atoms with van der Waals surface area (Å²) in [7, 11) is 0. The van der Waals surface area contributed by atoms with Crippen LogP contribution in [0, 0.1) is 10.8 Å².